The van der Waals surface area contributed by atoms with Crippen molar-refractivity contribution in [2.75, 3.05) is 40.3 Å². The van der Waals surface area contributed by atoms with Crippen molar-refractivity contribution in [1.82, 2.24) is 9.80 Å². The Morgan fingerprint density at radius 2 is 2.03 bits per heavy atom. The van der Waals surface area contributed by atoms with Crippen molar-refractivity contribution >= 4 is 5.91 Å². The van der Waals surface area contributed by atoms with Gasteiger partial charge in [-0.25, -0.2) is 4.39 Å². The number of halogens is 1. The van der Waals surface area contributed by atoms with E-state index in [0.29, 0.717) is 24.4 Å². The number of carbonyl (C=O) groups excluding carboxylic acids is 1. The van der Waals surface area contributed by atoms with E-state index in [1.165, 1.54) is 0 Å². The molecule has 5 aliphatic rings. The van der Waals surface area contributed by atoms with Crippen LogP contribution >= 0.6 is 0 Å². The maximum Gasteiger partial charge on any atom is 0.226 e. The lowest BCUT2D eigenvalue weighted by Gasteiger charge is -2.43. The zero-order chi connectivity index (χ0) is 22.5. The molecule has 6 unspecified atom stereocenters. The van der Waals surface area contributed by atoms with E-state index < -0.39 is 0 Å². The van der Waals surface area contributed by atoms with E-state index in [1.54, 1.807) is 17.1 Å². The molecule has 3 fully saturated rings. The number of hydrogen-bond acceptors (Lipinski definition) is 3. The number of amides is 1. The molecule has 1 spiro atoms. The quantitative estimate of drug-likeness (QED) is 0.615. The van der Waals surface area contributed by atoms with E-state index in [9.17, 15) is 9.18 Å². The molecule has 6 atom stereocenters. The maximum atomic E-state index is 14.0. The fourth-order valence-corrected chi connectivity index (χ4v) is 7.20. The first-order valence-electron chi connectivity index (χ1n) is 12.4. The lowest BCUT2D eigenvalue weighted by Crippen LogP contribution is -2.50. The van der Waals surface area contributed by atoms with Crippen LogP contribution in [0.4, 0.5) is 4.39 Å². The Bertz CT molecular complexity index is 867. The summed E-state index contributed by atoms with van der Waals surface area (Å²) in [5.41, 5.74) is -0.0792. The predicted molar refractivity (Wildman–Crippen MR) is 124 cm³/mol. The molecule has 32 heavy (non-hydrogen) atoms. The second-order valence-electron chi connectivity index (χ2n) is 10.8. The van der Waals surface area contributed by atoms with Crippen molar-refractivity contribution in [3.8, 4) is 0 Å². The molecule has 0 N–H and O–H groups in total. The molecule has 2 heterocycles. The Labute approximate surface area is 191 Å². The minimum absolute atomic E-state index is 0.00134. The van der Waals surface area contributed by atoms with Gasteiger partial charge in [0, 0.05) is 45.6 Å². The number of likely N-dealkylation sites (tertiary alicyclic amines) is 1. The zero-order valence-electron chi connectivity index (χ0n) is 19.7. The Kier molecular flexibility index (Phi) is 5.69. The summed E-state index contributed by atoms with van der Waals surface area (Å²) in [6, 6.07) is 0. The van der Waals surface area contributed by atoms with Crippen LogP contribution in [0.1, 0.15) is 32.6 Å². The average Bonchev–Trinajstić information content (AvgIpc) is 3.32. The lowest BCUT2D eigenvalue weighted by atomic mass is 9.73. The van der Waals surface area contributed by atoms with Gasteiger partial charge in [0.15, 0.2) is 0 Å². The van der Waals surface area contributed by atoms with Gasteiger partial charge in [0.25, 0.3) is 0 Å². The second-order valence-corrected chi connectivity index (χ2v) is 10.8. The normalized spacial score (nSPS) is 37.7. The predicted octanol–water partition coefficient (Wildman–Crippen LogP) is 4.37. The monoisotopic (exact) mass is 440 g/mol. The van der Waals surface area contributed by atoms with Crippen LogP contribution in [0, 0.1) is 35.0 Å². The van der Waals surface area contributed by atoms with Crippen LogP contribution in [0.2, 0.25) is 0 Å². The van der Waals surface area contributed by atoms with E-state index >= 15 is 0 Å². The van der Waals surface area contributed by atoms with Crippen LogP contribution in [-0.2, 0) is 9.53 Å². The highest BCUT2D eigenvalue weighted by atomic mass is 19.1. The number of hydrogen-bond donors (Lipinski definition) is 0. The van der Waals surface area contributed by atoms with Crippen molar-refractivity contribution in [2.45, 2.75) is 38.2 Å². The topological polar surface area (TPSA) is 32.8 Å². The molecule has 0 aromatic rings. The summed E-state index contributed by atoms with van der Waals surface area (Å²) in [6.07, 6.45) is 18.3. The van der Waals surface area contributed by atoms with Crippen LogP contribution in [0.15, 0.2) is 48.4 Å². The summed E-state index contributed by atoms with van der Waals surface area (Å²) < 4.78 is 20.3. The molecule has 3 aliphatic carbocycles. The molecular weight excluding hydrogens is 403 g/mol. The molecule has 0 aromatic carbocycles. The van der Waals surface area contributed by atoms with Gasteiger partial charge in [-0.1, -0.05) is 43.7 Å². The molecule has 174 valence electrons. The molecule has 0 bridgehead atoms. The molecular formula is C27H37FN2O2. The van der Waals surface area contributed by atoms with E-state index in [-0.39, 0.29) is 34.6 Å². The molecule has 2 saturated heterocycles. The molecule has 4 nitrogen and oxygen atoms in total. The molecule has 0 radical (unpaired) electrons. The summed E-state index contributed by atoms with van der Waals surface area (Å²) in [5, 5.41) is 0. The van der Waals surface area contributed by atoms with Gasteiger partial charge < -0.3 is 14.5 Å². The van der Waals surface area contributed by atoms with Crippen molar-refractivity contribution in [3.63, 3.8) is 0 Å². The summed E-state index contributed by atoms with van der Waals surface area (Å²) in [4.78, 5) is 17.4. The Balaban J connectivity index is 1.26. The molecule has 2 aliphatic heterocycles. The fraction of sp³-hybridized carbons (Fsp3) is 0.667. The second kappa shape index (κ2) is 8.25. The van der Waals surface area contributed by atoms with Crippen molar-refractivity contribution < 1.29 is 13.9 Å². The largest absolute Gasteiger partial charge is 0.374 e. The SMILES string of the molecule is CCC1C2C=CC=CC21CC(CN1CCC2(CC1)OCC1C=CC(F)=CC12)C(=O)N(C)C. The van der Waals surface area contributed by atoms with Crippen LogP contribution < -0.4 is 0 Å². The number of nitrogens with zero attached hydrogens (tertiary/aromatic N) is 2. The van der Waals surface area contributed by atoms with Crippen molar-refractivity contribution in [2.24, 2.45) is 35.0 Å². The Morgan fingerprint density at radius 1 is 1.25 bits per heavy atom. The third kappa shape index (κ3) is 3.62. The van der Waals surface area contributed by atoms with Crippen LogP contribution in [-0.4, -0.2) is 61.6 Å². The highest BCUT2D eigenvalue weighted by molar-refractivity contribution is 5.78. The van der Waals surface area contributed by atoms with Gasteiger partial charge in [-0.2, -0.15) is 0 Å². The smallest absolute Gasteiger partial charge is 0.226 e. The first-order valence-corrected chi connectivity index (χ1v) is 12.4. The highest BCUT2D eigenvalue weighted by Crippen LogP contribution is 2.66. The van der Waals surface area contributed by atoms with Crippen LogP contribution in [0.5, 0.6) is 0 Å². The van der Waals surface area contributed by atoms with Crippen LogP contribution in [0.25, 0.3) is 0 Å². The number of allylic oxidation sites excluding steroid dienone is 6. The Hall–Kier alpha value is -1.72. The van der Waals surface area contributed by atoms with Gasteiger partial charge in [0.1, 0.15) is 5.83 Å². The van der Waals surface area contributed by atoms with E-state index in [0.717, 1.165) is 45.3 Å². The molecule has 1 saturated carbocycles. The van der Waals surface area contributed by atoms with Gasteiger partial charge in [0.2, 0.25) is 5.91 Å². The van der Waals surface area contributed by atoms with E-state index in [4.69, 9.17) is 4.74 Å². The standard InChI is InChI=1S/C27H37FN2O2/c1-4-22-23-7-5-6-10-26(22,23)16-20(25(31)29(2)3)17-30-13-11-27(12-14-30)24-15-21(28)9-8-19(24)18-32-27/h5-10,15,19-20,22-24H,4,11-14,16-18H2,1-3H3. The molecule has 5 rings (SSSR count). The van der Waals surface area contributed by atoms with Crippen molar-refractivity contribution in [3.05, 3.63) is 48.4 Å². The first-order chi connectivity index (χ1) is 15.4. The number of carbonyl (C=O) groups is 1. The number of fused-ring (bicyclic) bond motifs is 3. The highest BCUT2D eigenvalue weighted by Gasteiger charge is 2.61. The van der Waals surface area contributed by atoms with Crippen LogP contribution in [0.3, 0.4) is 0 Å². The van der Waals surface area contributed by atoms with Gasteiger partial charge >= 0.3 is 0 Å². The molecule has 5 heteroatoms. The maximum absolute atomic E-state index is 14.0. The number of rotatable bonds is 6. The minimum atomic E-state index is -0.241. The summed E-state index contributed by atoms with van der Waals surface area (Å²) in [7, 11) is 3.75. The van der Waals surface area contributed by atoms with Gasteiger partial charge in [-0.05, 0) is 48.7 Å². The number of piperidine rings is 1. The third-order valence-electron chi connectivity index (χ3n) is 8.96. The van der Waals surface area contributed by atoms with E-state index in [2.05, 4.69) is 36.1 Å². The lowest BCUT2D eigenvalue weighted by molar-refractivity contribution is -0.135. The molecule has 1 amide bonds. The van der Waals surface area contributed by atoms with Gasteiger partial charge in [-0.15, -0.1) is 0 Å². The number of ether oxygens (including phenoxy) is 1. The average molecular weight is 441 g/mol. The van der Waals surface area contributed by atoms with E-state index in [1.807, 2.05) is 20.2 Å². The summed E-state index contributed by atoms with van der Waals surface area (Å²) in [5.74, 6) is 1.79. The minimum Gasteiger partial charge on any atom is -0.374 e. The summed E-state index contributed by atoms with van der Waals surface area (Å²) in [6.45, 7) is 5.57. The van der Waals surface area contributed by atoms with Crippen molar-refractivity contribution in [1.29, 1.82) is 0 Å². The summed E-state index contributed by atoms with van der Waals surface area (Å²) >= 11 is 0. The molecule has 0 aromatic heterocycles. The fourth-order valence-electron chi connectivity index (χ4n) is 7.20. The zero-order valence-corrected chi connectivity index (χ0v) is 19.7. The Morgan fingerprint density at radius 3 is 2.75 bits per heavy atom. The first kappa shape index (κ1) is 22.1. The van der Waals surface area contributed by atoms with Gasteiger partial charge in [-0.3, -0.25) is 4.79 Å². The third-order valence-corrected chi connectivity index (χ3v) is 8.96. The van der Waals surface area contributed by atoms with Gasteiger partial charge in [0.05, 0.1) is 18.1 Å².